The Labute approximate surface area is 87.5 Å². The SMILES string of the molecule is CCC[SiH]1CCCC(OCC2CO2)O1. The van der Waals surface area contributed by atoms with Crippen LogP contribution in [0.5, 0.6) is 0 Å². The van der Waals surface area contributed by atoms with E-state index in [1.54, 1.807) is 0 Å². The van der Waals surface area contributed by atoms with Crippen LogP contribution < -0.4 is 0 Å². The number of hydrogen-bond acceptors (Lipinski definition) is 3. The van der Waals surface area contributed by atoms with Crippen molar-refractivity contribution < 1.29 is 13.9 Å². The van der Waals surface area contributed by atoms with Crippen molar-refractivity contribution in [2.24, 2.45) is 0 Å². The van der Waals surface area contributed by atoms with Crippen LogP contribution >= 0.6 is 0 Å². The minimum atomic E-state index is -0.892. The molecule has 3 unspecified atom stereocenters. The summed E-state index contributed by atoms with van der Waals surface area (Å²) in [5.41, 5.74) is 0. The van der Waals surface area contributed by atoms with Gasteiger partial charge in [-0.15, -0.1) is 0 Å². The zero-order valence-corrected chi connectivity index (χ0v) is 10.1. The van der Waals surface area contributed by atoms with Crippen LogP contribution in [0.15, 0.2) is 0 Å². The Morgan fingerprint density at radius 3 is 3.07 bits per heavy atom. The van der Waals surface area contributed by atoms with E-state index >= 15 is 0 Å². The molecule has 0 spiro atoms. The quantitative estimate of drug-likeness (QED) is 0.517. The molecule has 3 nitrogen and oxygen atoms in total. The van der Waals surface area contributed by atoms with E-state index in [0.29, 0.717) is 6.10 Å². The van der Waals surface area contributed by atoms with Gasteiger partial charge in [0.15, 0.2) is 9.04 Å². The van der Waals surface area contributed by atoms with Gasteiger partial charge in [0.25, 0.3) is 0 Å². The van der Waals surface area contributed by atoms with Crippen molar-refractivity contribution in [3.63, 3.8) is 0 Å². The Morgan fingerprint density at radius 1 is 1.50 bits per heavy atom. The van der Waals surface area contributed by atoms with Gasteiger partial charge in [-0.3, -0.25) is 0 Å². The van der Waals surface area contributed by atoms with Crippen LogP contribution in [0.2, 0.25) is 12.1 Å². The van der Waals surface area contributed by atoms with Gasteiger partial charge in [0.1, 0.15) is 12.4 Å². The molecular formula is C10H20O3Si. The molecule has 0 bridgehead atoms. The molecule has 2 heterocycles. The van der Waals surface area contributed by atoms with Crippen molar-refractivity contribution in [2.45, 2.75) is 50.7 Å². The molecule has 3 atom stereocenters. The topological polar surface area (TPSA) is 31.0 Å². The maximum Gasteiger partial charge on any atom is 0.180 e. The highest BCUT2D eigenvalue weighted by atomic mass is 28.3. The Balaban J connectivity index is 1.64. The first kappa shape index (κ1) is 10.6. The molecule has 0 N–H and O–H groups in total. The summed E-state index contributed by atoms with van der Waals surface area (Å²) in [5, 5.41) is 0. The van der Waals surface area contributed by atoms with Crippen LogP contribution in [0.4, 0.5) is 0 Å². The molecule has 0 radical (unpaired) electrons. The number of epoxide rings is 1. The molecule has 14 heavy (non-hydrogen) atoms. The van der Waals surface area contributed by atoms with Crippen molar-refractivity contribution in [3.05, 3.63) is 0 Å². The summed E-state index contributed by atoms with van der Waals surface area (Å²) in [6.07, 6.45) is 4.10. The lowest BCUT2D eigenvalue weighted by atomic mass is 10.3. The standard InChI is InChI=1S/C10H20O3Si/c1-2-5-14-6-3-4-10(13-14)12-8-9-7-11-9/h9-10,14H,2-8H2,1H3. The van der Waals surface area contributed by atoms with E-state index in [9.17, 15) is 0 Å². The molecule has 0 aromatic rings. The number of hydrogen-bond donors (Lipinski definition) is 0. The van der Waals surface area contributed by atoms with Gasteiger partial charge in [0.2, 0.25) is 0 Å². The van der Waals surface area contributed by atoms with Crippen molar-refractivity contribution in [1.82, 2.24) is 0 Å². The predicted molar refractivity (Wildman–Crippen MR) is 56.9 cm³/mol. The van der Waals surface area contributed by atoms with Crippen LogP contribution in [0.1, 0.15) is 26.2 Å². The second kappa shape index (κ2) is 5.26. The smallest absolute Gasteiger partial charge is 0.180 e. The summed E-state index contributed by atoms with van der Waals surface area (Å²) in [6, 6.07) is 2.65. The Bertz CT molecular complexity index is 171. The highest BCUT2D eigenvalue weighted by Gasteiger charge is 2.27. The lowest BCUT2D eigenvalue weighted by molar-refractivity contribution is -0.0982. The molecule has 82 valence electrons. The van der Waals surface area contributed by atoms with Crippen molar-refractivity contribution >= 4 is 9.04 Å². The molecule has 2 saturated heterocycles. The summed E-state index contributed by atoms with van der Waals surface area (Å²) >= 11 is 0. The largest absolute Gasteiger partial charge is 0.396 e. The van der Waals surface area contributed by atoms with Crippen LogP contribution in [0, 0.1) is 0 Å². The summed E-state index contributed by atoms with van der Waals surface area (Å²) in [6.45, 7) is 3.85. The van der Waals surface area contributed by atoms with Crippen LogP contribution in [-0.2, 0) is 13.9 Å². The molecule has 4 heteroatoms. The van der Waals surface area contributed by atoms with Gasteiger partial charge in [-0.25, -0.2) is 0 Å². The molecule has 2 aliphatic rings. The molecule has 0 aromatic carbocycles. The molecule has 2 aliphatic heterocycles. The van der Waals surface area contributed by atoms with Crippen molar-refractivity contribution in [1.29, 1.82) is 0 Å². The average Bonchev–Trinajstić information content (AvgIpc) is 2.99. The lowest BCUT2D eigenvalue weighted by Crippen LogP contribution is -2.33. The maximum atomic E-state index is 5.97. The van der Waals surface area contributed by atoms with E-state index in [1.165, 1.54) is 24.9 Å². The zero-order valence-electron chi connectivity index (χ0n) is 8.91. The highest BCUT2D eigenvalue weighted by Crippen LogP contribution is 2.22. The minimum Gasteiger partial charge on any atom is -0.396 e. The maximum absolute atomic E-state index is 5.97. The van der Waals surface area contributed by atoms with Gasteiger partial charge >= 0.3 is 0 Å². The monoisotopic (exact) mass is 216 g/mol. The fourth-order valence-corrected chi connectivity index (χ4v) is 4.44. The Kier molecular flexibility index (Phi) is 3.98. The molecule has 2 fully saturated rings. The van der Waals surface area contributed by atoms with E-state index in [-0.39, 0.29) is 6.29 Å². The van der Waals surface area contributed by atoms with E-state index in [4.69, 9.17) is 13.9 Å². The summed E-state index contributed by atoms with van der Waals surface area (Å²) in [7, 11) is -0.892. The van der Waals surface area contributed by atoms with Crippen LogP contribution in [-0.4, -0.2) is 34.6 Å². The molecule has 0 aromatic heterocycles. The Morgan fingerprint density at radius 2 is 2.36 bits per heavy atom. The molecule has 0 aliphatic carbocycles. The van der Waals surface area contributed by atoms with Gasteiger partial charge in [-0.2, -0.15) is 0 Å². The highest BCUT2D eigenvalue weighted by molar-refractivity contribution is 6.52. The summed E-state index contributed by atoms with van der Waals surface area (Å²) in [5.74, 6) is 0. The van der Waals surface area contributed by atoms with Gasteiger partial charge in [0, 0.05) is 0 Å². The van der Waals surface area contributed by atoms with Crippen LogP contribution in [0.3, 0.4) is 0 Å². The van der Waals surface area contributed by atoms with Crippen molar-refractivity contribution in [3.8, 4) is 0 Å². The first-order valence-electron chi connectivity index (χ1n) is 5.77. The lowest BCUT2D eigenvalue weighted by Gasteiger charge is -2.29. The number of rotatable bonds is 5. The van der Waals surface area contributed by atoms with E-state index in [2.05, 4.69) is 6.92 Å². The van der Waals surface area contributed by atoms with Gasteiger partial charge in [-0.05, 0) is 24.9 Å². The number of ether oxygens (including phenoxy) is 2. The molecular weight excluding hydrogens is 196 g/mol. The second-order valence-electron chi connectivity index (χ2n) is 4.20. The van der Waals surface area contributed by atoms with E-state index in [0.717, 1.165) is 19.6 Å². The first-order valence-corrected chi connectivity index (χ1v) is 7.87. The van der Waals surface area contributed by atoms with Crippen LogP contribution in [0.25, 0.3) is 0 Å². The zero-order chi connectivity index (χ0) is 9.80. The normalized spacial score (nSPS) is 37.1. The molecule has 0 saturated carbocycles. The first-order chi connectivity index (χ1) is 6.88. The van der Waals surface area contributed by atoms with Gasteiger partial charge in [0.05, 0.1) is 13.2 Å². The summed E-state index contributed by atoms with van der Waals surface area (Å²) in [4.78, 5) is 0. The molecule has 0 amide bonds. The second-order valence-corrected chi connectivity index (χ2v) is 6.87. The van der Waals surface area contributed by atoms with E-state index in [1.807, 2.05) is 0 Å². The molecule has 2 rings (SSSR count). The Hall–Kier alpha value is 0.0969. The van der Waals surface area contributed by atoms with E-state index < -0.39 is 9.04 Å². The summed E-state index contributed by atoms with van der Waals surface area (Å²) < 4.78 is 16.7. The third-order valence-corrected chi connectivity index (χ3v) is 5.75. The third kappa shape index (κ3) is 3.35. The predicted octanol–water partition coefficient (Wildman–Crippen LogP) is 1.67. The fourth-order valence-electron chi connectivity index (χ4n) is 1.90. The fraction of sp³-hybridized carbons (Fsp3) is 1.00. The van der Waals surface area contributed by atoms with Gasteiger partial charge in [-0.1, -0.05) is 13.3 Å². The van der Waals surface area contributed by atoms with Gasteiger partial charge < -0.3 is 13.9 Å². The van der Waals surface area contributed by atoms with Crippen molar-refractivity contribution in [2.75, 3.05) is 13.2 Å². The average molecular weight is 216 g/mol. The third-order valence-electron chi connectivity index (χ3n) is 2.79. The minimum absolute atomic E-state index is 0.0937.